The van der Waals surface area contributed by atoms with Crippen LogP contribution in [0.1, 0.15) is 22.3 Å². The molecule has 0 aromatic heterocycles. The number of aliphatic hydroxyl groups is 1. The highest BCUT2D eigenvalue weighted by Gasteiger charge is 2.17. The minimum absolute atomic E-state index is 0.0471. The number of aryl methyl sites for hydroxylation is 1. The highest BCUT2D eigenvalue weighted by atomic mass is 16.6. The molecule has 0 aliphatic heterocycles. The van der Waals surface area contributed by atoms with E-state index in [0.717, 1.165) is 16.7 Å². The molecule has 0 spiro atoms. The molecule has 2 rings (SSSR count). The Hall–Kier alpha value is -2.86. The summed E-state index contributed by atoms with van der Waals surface area (Å²) in [5, 5.41) is 15.7. The van der Waals surface area contributed by atoms with Gasteiger partial charge < -0.3 is 20.0 Å². The second-order valence-electron chi connectivity index (χ2n) is 5.41. The van der Waals surface area contributed by atoms with Gasteiger partial charge in [0.15, 0.2) is 5.71 Å². The summed E-state index contributed by atoms with van der Waals surface area (Å²) in [6.45, 7) is 2.14. The second-order valence-corrected chi connectivity index (χ2v) is 5.41. The Labute approximate surface area is 147 Å². The first-order valence-electron chi connectivity index (χ1n) is 7.85. The molecule has 0 aliphatic rings. The number of nitrogens with zero attached hydrogens (tertiary/aromatic N) is 1. The second kappa shape index (κ2) is 8.84. The number of hydrogen-bond acceptors (Lipinski definition) is 5. The van der Waals surface area contributed by atoms with Crippen LogP contribution in [-0.4, -0.2) is 30.9 Å². The normalized spacial score (nSPS) is 11.1. The van der Waals surface area contributed by atoms with Crippen LogP contribution in [0, 0.1) is 6.92 Å². The largest absolute Gasteiger partial charge is 0.489 e. The van der Waals surface area contributed by atoms with Crippen LogP contribution in [0.15, 0.2) is 47.6 Å². The molecular weight excluding hydrogens is 320 g/mol. The Morgan fingerprint density at radius 1 is 1.24 bits per heavy atom. The van der Waals surface area contributed by atoms with Crippen molar-refractivity contribution in [3.05, 3.63) is 64.7 Å². The highest BCUT2D eigenvalue weighted by Crippen LogP contribution is 2.22. The van der Waals surface area contributed by atoms with E-state index in [0.29, 0.717) is 11.3 Å². The summed E-state index contributed by atoms with van der Waals surface area (Å²) in [5.41, 5.74) is 3.37. The van der Waals surface area contributed by atoms with E-state index in [1.807, 2.05) is 37.3 Å². The average Bonchev–Trinajstić information content (AvgIpc) is 2.65. The third-order valence-corrected chi connectivity index (χ3v) is 3.72. The number of oxime groups is 1. The summed E-state index contributed by atoms with van der Waals surface area (Å²) in [6, 6.07) is 12.9. The fourth-order valence-corrected chi connectivity index (χ4v) is 2.35. The van der Waals surface area contributed by atoms with Crippen molar-refractivity contribution in [1.82, 2.24) is 5.32 Å². The van der Waals surface area contributed by atoms with Gasteiger partial charge in [0.05, 0.1) is 6.61 Å². The van der Waals surface area contributed by atoms with Gasteiger partial charge in [0.25, 0.3) is 5.91 Å². The van der Waals surface area contributed by atoms with Crippen molar-refractivity contribution >= 4 is 11.6 Å². The first kappa shape index (κ1) is 18.5. The molecule has 132 valence electrons. The predicted molar refractivity (Wildman–Crippen MR) is 95.5 cm³/mol. The smallest absolute Gasteiger partial charge is 0.273 e. The van der Waals surface area contributed by atoms with Gasteiger partial charge in [0.1, 0.15) is 19.5 Å². The first-order chi connectivity index (χ1) is 12.1. The van der Waals surface area contributed by atoms with Crippen LogP contribution in [-0.2, 0) is 22.8 Å². The number of nitrogens with one attached hydrogen (secondary N) is 1. The van der Waals surface area contributed by atoms with Crippen LogP contribution in [0.2, 0.25) is 0 Å². The van der Waals surface area contributed by atoms with Crippen LogP contribution in [0.4, 0.5) is 0 Å². The lowest BCUT2D eigenvalue weighted by atomic mass is 10.0. The molecule has 0 aliphatic carbocycles. The summed E-state index contributed by atoms with van der Waals surface area (Å²) < 4.78 is 5.91. The number of amides is 1. The van der Waals surface area contributed by atoms with Crippen molar-refractivity contribution < 1.29 is 19.5 Å². The molecule has 6 heteroatoms. The van der Waals surface area contributed by atoms with Crippen LogP contribution in [0.3, 0.4) is 0 Å². The lowest BCUT2D eigenvalue weighted by Gasteiger charge is -2.14. The standard InChI is InChI=1S/C19H22N2O4/c1-13-8-9-14(11-22)10-17(13)25-12-15-6-4-5-7-16(15)18(21-24-3)19(23)20-2/h4-10,22H,11-12H2,1-3H3,(H,20,23)/b21-18+. The summed E-state index contributed by atoms with van der Waals surface area (Å²) in [5.74, 6) is 0.347. The Bertz CT molecular complexity index is 772. The van der Waals surface area contributed by atoms with E-state index < -0.39 is 0 Å². The van der Waals surface area contributed by atoms with E-state index in [4.69, 9.17) is 9.57 Å². The summed E-state index contributed by atoms with van der Waals surface area (Å²) in [7, 11) is 2.93. The molecule has 0 saturated carbocycles. The highest BCUT2D eigenvalue weighted by molar-refractivity contribution is 6.45. The molecule has 0 atom stereocenters. The fraction of sp³-hybridized carbons (Fsp3) is 0.263. The number of carbonyl (C=O) groups excluding carboxylic acids is 1. The number of likely N-dealkylation sites (N-methyl/N-ethyl adjacent to an activating group) is 1. The zero-order valence-corrected chi connectivity index (χ0v) is 14.6. The fourth-order valence-electron chi connectivity index (χ4n) is 2.35. The van der Waals surface area contributed by atoms with Crippen molar-refractivity contribution in [2.24, 2.45) is 5.16 Å². The number of rotatable bonds is 7. The number of ether oxygens (including phenoxy) is 1. The maximum Gasteiger partial charge on any atom is 0.273 e. The van der Waals surface area contributed by atoms with Gasteiger partial charge in [-0.05, 0) is 29.7 Å². The van der Waals surface area contributed by atoms with Crippen molar-refractivity contribution in [3.63, 3.8) is 0 Å². The SMILES string of the molecule is CNC(=O)/C(=N/OC)c1ccccc1COc1cc(CO)ccc1C. The van der Waals surface area contributed by atoms with E-state index in [1.165, 1.54) is 14.2 Å². The van der Waals surface area contributed by atoms with E-state index in [2.05, 4.69) is 10.5 Å². The van der Waals surface area contributed by atoms with E-state index >= 15 is 0 Å². The summed E-state index contributed by atoms with van der Waals surface area (Å²) in [4.78, 5) is 16.9. The van der Waals surface area contributed by atoms with Gasteiger partial charge in [-0.2, -0.15) is 0 Å². The Morgan fingerprint density at radius 3 is 2.68 bits per heavy atom. The van der Waals surface area contributed by atoms with Gasteiger partial charge in [-0.25, -0.2) is 0 Å². The molecule has 2 N–H and O–H groups in total. The molecule has 6 nitrogen and oxygen atoms in total. The lowest BCUT2D eigenvalue weighted by Crippen LogP contribution is -2.29. The van der Waals surface area contributed by atoms with Crippen molar-refractivity contribution in [1.29, 1.82) is 0 Å². The van der Waals surface area contributed by atoms with Gasteiger partial charge in [0, 0.05) is 12.6 Å². The molecule has 0 fully saturated rings. The van der Waals surface area contributed by atoms with Gasteiger partial charge in [-0.15, -0.1) is 0 Å². The maximum atomic E-state index is 12.1. The number of hydrogen-bond donors (Lipinski definition) is 2. The number of aliphatic hydroxyl groups excluding tert-OH is 1. The molecule has 1 amide bonds. The Balaban J connectivity index is 2.29. The first-order valence-corrected chi connectivity index (χ1v) is 7.85. The van der Waals surface area contributed by atoms with Gasteiger partial charge in [0.2, 0.25) is 0 Å². The van der Waals surface area contributed by atoms with E-state index in [9.17, 15) is 9.90 Å². The Morgan fingerprint density at radius 2 is 2.00 bits per heavy atom. The van der Waals surface area contributed by atoms with Crippen LogP contribution < -0.4 is 10.1 Å². The molecule has 2 aromatic rings. The molecule has 0 bridgehead atoms. The van der Waals surface area contributed by atoms with Crippen molar-refractivity contribution in [3.8, 4) is 5.75 Å². The van der Waals surface area contributed by atoms with Crippen LogP contribution in [0.5, 0.6) is 5.75 Å². The molecular formula is C19H22N2O4. The lowest BCUT2D eigenvalue weighted by molar-refractivity contribution is -0.114. The molecule has 0 unspecified atom stereocenters. The Kier molecular flexibility index (Phi) is 6.54. The number of benzene rings is 2. The molecule has 0 radical (unpaired) electrons. The summed E-state index contributed by atoms with van der Waals surface area (Å²) in [6.07, 6.45) is 0. The molecule has 2 aromatic carbocycles. The van der Waals surface area contributed by atoms with Crippen LogP contribution in [0.25, 0.3) is 0 Å². The summed E-state index contributed by atoms with van der Waals surface area (Å²) >= 11 is 0. The minimum Gasteiger partial charge on any atom is -0.489 e. The third-order valence-electron chi connectivity index (χ3n) is 3.72. The third kappa shape index (κ3) is 4.58. The van der Waals surface area contributed by atoms with Crippen molar-refractivity contribution in [2.75, 3.05) is 14.2 Å². The zero-order valence-electron chi connectivity index (χ0n) is 14.6. The van der Waals surface area contributed by atoms with Crippen molar-refractivity contribution in [2.45, 2.75) is 20.1 Å². The van der Waals surface area contributed by atoms with Gasteiger partial charge in [-0.3, -0.25) is 4.79 Å². The van der Waals surface area contributed by atoms with Gasteiger partial charge >= 0.3 is 0 Å². The predicted octanol–water partition coefficient (Wildman–Crippen LogP) is 2.16. The molecule has 0 saturated heterocycles. The van der Waals surface area contributed by atoms with Crippen LogP contribution >= 0.6 is 0 Å². The topological polar surface area (TPSA) is 80.2 Å². The maximum absolute atomic E-state index is 12.1. The average molecular weight is 342 g/mol. The molecule has 0 heterocycles. The zero-order chi connectivity index (χ0) is 18.2. The quantitative estimate of drug-likeness (QED) is 0.597. The minimum atomic E-state index is -0.340. The van der Waals surface area contributed by atoms with Gasteiger partial charge in [-0.1, -0.05) is 41.6 Å². The monoisotopic (exact) mass is 342 g/mol. The van der Waals surface area contributed by atoms with E-state index in [1.54, 1.807) is 12.1 Å². The number of carbonyl (C=O) groups is 1. The van der Waals surface area contributed by atoms with E-state index in [-0.39, 0.29) is 24.8 Å². The molecule has 25 heavy (non-hydrogen) atoms.